The first-order valence-corrected chi connectivity index (χ1v) is 9.33. The van der Waals surface area contributed by atoms with Gasteiger partial charge in [0.15, 0.2) is 0 Å². The molecule has 2 aromatic carbocycles. The van der Waals surface area contributed by atoms with Crippen LogP contribution in [-0.2, 0) is 6.42 Å². The Bertz CT molecular complexity index is 698. The minimum absolute atomic E-state index is 0.00343. The van der Waals surface area contributed by atoms with Crippen LogP contribution in [0, 0.1) is 10.5 Å². The SMILES string of the molecule is Cc1ccc(C(=O)NCCCc2cccc(OC(C)C)c2)c(I)c1. The predicted octanol–water partition coefficient (Wildman–Crippen LogP) is 4.75. The first-order valence-electron chi connectivity index (χ1n) is 8.25. The zero-order chi connectivity index (χ0) is 17.5. The number of aryl methyl sites for hydroxylation is 2. The largest absolute Gasteiger partial charge is 0.491 e. The number of hydrogen-bond acceptors (Lipinski definition) is 2. The number of amides is 1. The number of carbonyl (C=O) groups excluding carboxylic acids is 1. The summed E-state index contributed by atoms with van der Waals surface area (Å²) in [4.78, 5) is 12.2. The molecule has 0 spiro atoms. The molecule has 0 fully saturated rings. The second-order valence-corrected chi connectivity index (χ2v) is 7.32. The molecule has 2 rings (SSSR count). The Kier molecular flexibility index (Phi) is 7.09. The van der Waals surface area contributed by atoms with Crippen molar-refractivity contribution in [2.45, 2.75) is 39.7 Å². The van der Waals surface area contributed by atoms with Crippen LogP contribution in [0.1, 0.15) is 41.8 Å². The summed E-state index contributed by atoms with van der Waals surface area (Å²) < 4.78 is 6.70. The molecule has 3 nitrogen and oxygen atoms in total. The highest BCUT2D eigenvalue weighted by molar-refractivity contribution is 14.1. The third kappa shape index (κ3) is 5.82. The Morgan fingerprint density at radius 3 is 2.71 bits per heavy atom. The minimum atomic E-state index is -0.00343. The summed E-state index contributed by atoms with van der Waals surface area (Å²) in [6, 6.07) is 14.0. The van der Waals surface area contributed by atoms with Crippen LogP contribution < -0.4 is 10.1 Å². The van der Waals surface area contributed by atoms with E-state index >= 15 is 0 Å². The average Bonchev–Trinajstić information content (AvgIpc) is 2.51. The van der Waals surface area contributed by atoms with E-state index in [2.05, 4.69) is 40.0 Å². The molecule has 0 saturated heterocycles. The van der Waals surface area contributed by atoms with Gasteiger partial charge < -0.3 is 10.1 Å². The molecule has 0 aliphatic carbocycles. The van der Waals surface area contributed by atoms with E-state index in [1.54, 1.807) is 0 Å². The zero-order valence-corrected chi connectivity index (χ0v) is 16.6. The van der Waals surface area contributed by atoms with Gasteiger partial charge in [0, 0.05) is 10.1 Å². The molecule has 2 aromatic rings. The molecule has 0 aromatic heterocycles. The van der Waals surface area contributed by atoms with Crippen LogP contribution in [0.15, 0.2) is 42.5 Å². The van der Waals surface area contributed by atoms with E-state index < -0.39 is 0 Å². The average molecular weight is 437 g/mol. The second-order valence-electron chi connectivity index (χ2n) is 6.16. The van der Waals surface area contributed by atoms with Gasteiger partial charge in [-0.3, -0.25) is 4.79 Å². The van der Waals surface area contributed by atoms with Gasteiger partial charge in [-0.15, -0.1) is 0 Å². The van der Waals surface area contributed by atoms with Crippen molar-refractivity contribution in [1.29, 1.82) is 0 Å². The standard InChI is InChI=1S/C20H24INO2/c1-14(2)24-17-8-4-6-16(13-17)7-5-11-22-20(23)18-10-9-15(3)12-19(18)21/h4,6,8-10,12-14H,5,7,11H2,1-3H3,(H,22,23). The summed E-state index contributed by atoms with van der Waals surface area (Å²) in [6.07, 6.45) is 2.00. The fourth-order valence-corrected chi connectivity index (χ4v) is 3.36. The zero-order valence-electron chi connectivity index (χ0n) is 14.4. The number of rotatable bonds is 7. The number of carbonyl (C=O) groups is 1. The lowest BCUT2D eigenvalue weighted by Crippen LogP contribution is -2.25. The molecular formula is C20H24INO2. The molecule has 128 valence electrons. The fourth-order valence-electron chi connectivity index (χ4n) is 2.44. The van der Waals surface area contributed by atoms with Gasteiger partial charge in [-0.1, -0.05) is 23.8 Å². The van der Waals surface area contributed by atoms with E-state index in [0.29, 0.717) is 6.54 Å². The van der Waals surface area contributed by atoms with Crippen LogP contribution in [0.25, 0.3) is 0 Å². The Hall–Kier alpha value is -1.56. The van der Waals surface area contributed by atoms with Crippen molar-refractivity contribution in [2.24, 2.45) is 0 Å². The van der Waals surface area contributed by atoms with Crippen LogP contribution in [-0.4, -0.2) is 18.6 Å². The number of benzene rings is 2. The first kappa shape index (κ1) is 18.8. The molecule has 0 atom stereocenters. The Morgan fingerprint density at radius 2 is 2.00 bits per heavy atom. The maximum absolute atomic E-state index is 12.2. The molecule has 4 heteroatoms. The topological polar surface area (TPSA) is 38.3 Å². The smallest absolute Gasteiger partial charge is 0.252 e. The van der Waals surface area contributed by atoms with Crippen molar-refractivity contribution in [2.75, 3.05) is 6.54 Å². The minimum Gasteiger partial charge on any atom is -0.491 e. The van der Waals surface area contributed by atoms with Crippen LogP contribution in [0.5, 0.6) is 5.75 Å². The van der Waals surface area contributed by atoms with Crippen LogP contribution in [0.3, 0.4) is 0 Å². The summed E-state index contributed by atoms with van der Waals surface area (Å²) in [7, 11) is 0. The van der Waals surface area contributed by atoms with Crippen molar-refractivity contribution >= 4 is 28.5 Å². The summed E-state index contributed by atoms with van der Waals surface area (Å²) in [5.41, 5.74) is 3.14. The predicted molar refractivity (Wildman–Crippen MR) is 107 cm³/mol. The molecule has 1 N–H and O–H groups in total. The summed E-state index contributed by atoms with van der Waals surface area (Å²) in [5.74, 6) is 0.900. The number of nitrogens with one attached hydrogen (secondary N) is 1. The highest BCUT2D eigenvalue weighted by atomic mass is 127. The summed E-state index contributed by atoms with van der Waals surface area (Å²) >= 11 is 2.21. The molecule has 24 heavy (non-hydrogen) atoms. The van der Waals surface area contributed by atoms with Gasteiger partial charge >= 0.3 is 0 Å². The van der Waals surface area contributed by atoms with E-state index in [9.17, 15) is 4.79 Å². The molecule has 0 bridgehead atoms. The van der Waals surface area contributed by atoms with Crippen molar-refractivity contribution < 1.29 is 9.53 Å². The lowest BCUT2D eigenvalue weighted by Gasteiger charge is -2.11. The van der Waals surface area contributed by atoms with Gasteiger partial charge in [0.25, 0.3) is 5.91 Å². The van der Waals surface area contributed by atoms with E-state index in [1.165, 1.54) is 11.1 Å². The van der Waals surface area contributed by atoms with Crippen LogP contribution in [0.2, 0.25) is 0 Å². The number of ether oxygens (including phenoxy) is 1. The molecule has 0 aliphatic heterocycles. The van der Waals surface area contributed by atoms with Crippen molar-refractivity contribution in [3.05, 3.63) is 62.7 Å². The highest BCUT2D eigenvalue weighted by Gasteiger charge is 2.09. The van der Waals surface area contributed by atoms with E-state index in [-0.39, 0.29) is 12.0 Å². The molecule has 1 amide bonds. The van der Waals surface area contributed by atoms with Gasteiger partial charge in [0.1, 0.15) is 5.75 Å². The maximum atomic E-state index is 12.2. The van der Waals surface area contributed by atoms with E-state index in [1.807, 2.05) is 51.1 Å². The molecular weight excluding hydrogens is 413 g/mol. The Balaban J connectivity index is 1.81. The van der Waals surface area contributed by atoms with Crippen LogP contribution >= 0.6 is 22.6 Å². The molecule has 0 saturated carbocycles. The fraction of sp³-hybridized carbons (Fsp3) is 0.350. The van der Waals surface area contributed by atoms with Crippen molar-refractivity contribution in [3.8, 4) is 5.75 Å². The highest BCUT2D eigenvalue weighted by Crippen LogP contribution is 2.16. The Labute approximate surface area is 157 Å². The van der Waals surface area contributed by atoms with Gasteiger partial charge in [0.2, 0.25) is 0 Å². The number of hydrogen-bond donors (Lipinski definition) is 1. The lowest BCUT2D eigenvalue weighted by atomic mass is 10.1. The quantitative estimate of drug-likeness (QED) is 0.502. The third-order valence-corrected chi connectivity index (χ3v) is 4.46. The van der Waals surface area contributed by atoms with E-state index in [0.717, 1.165) is 27.7 Å². The third-order valence-electron chi connectivity index (χ3n) is 3.57. The molecule has 0 heterocycles. The van der Waals surface area contributed by atoms with Crippen molar-refractivity contribution in [1.82, 2.24) is 5.32 Å². The maximum Gasteiger partial charge on any atom is 0.252 e. The molecule has 0 aliphatic rings. The summed E-state index contributed by atoms with van der Waals surface area (Å²) in [6.45, 7) is 6.74. The number of halogens is 1. The Morgan fingerprint density at radius 1 is 1.21 bits per heavy atom. The second kappa shape index (κ2) is 9.06. The van der Waals surface area contributed by atoms with Gasteiger partial charge in [-0.25, -0.2) is 0 Å². The first-order chi connectivity index (χ1) is 11.5. The van der Waals surface area contributed by atoms with Crippen molar-refractivity contribution in [3.63, 3.8) is 0 Å². The monoisotopic (exact) mass is 437 g/mol. The van der Waals surface area contributed by atoms with Gasteiger partial charge in [-0.05, 0) is 86.0 Å². The van der Waals surface area contributed by atoms with Crippen LogP contribution in [0.4, 0.5) is 0 Å². The lowest BCUT2D eigenvalue weighted by molar-refractivity contribution is 0.0952. The molecule has 0 radical (unpaired) electrons. The van der Waals surface area contributed by atoms with E-state index in [4.69, 9.17) is 4.74 Å². The van der Waals surface area contributed by atoms with Gasteiger partial charge in [0.05, 0.1) is 11.7 Å². The summed E-state index contributed by atoms with van der Waals surface area (Å²) in [5, 5.41) is 3.00. The van der Waals surface area contributed by atoms with Gasteiger partial charge in [-0.2, -0.15) is 0 Å². The molecule has 0 unspecified atom stereocenters. The normalized spacial score (nSPS) is 10.7.